The highest BCUT2D eigenvalue weighted by Crippen LogP contribution is 2.05. The highest BCUT2D eigenvalue weighted by Gasteiger charge is 1.99. The smallest absolute Gasteiger partial charge is 0.0962 e. The van der Waals surface area contributed by atoms with Gasteiger partial charge in [0.2, 0.25) is 0 Å². The third-order valence-corrected chi connectivity index (χ3v) is 2.01. The Labute approximate surface area is 94.5 Å². The zero-order valence-electron chi connectivity index (χ0n) is 11.6. The summed E-state index contributed by atoms with van der Waals surface area (Å²) in [5.41, 5.74) is 6.48. The SMILES string of the molecule is [2H]c1cc(CCCC(=N)CC(=N)N)cc([2H])c1[2H]. The second kappa shape index (κ2) is 5.96. The van der Waals surface area contributed by atoms with Gasteiger partial charge in [-0.2, -0.15) is 0 Å². The molecule has 1 aromatic rings. The lowest BCUT2D eigenvalue weighted by Gasteiger charge is -2.03. The maximum atomic E-state index is 7.58. The summed E-state index contributed by atoms with van der Waals surface area (Å²) < 4.78 is 22.5. The fourth-order valence-corrected chi connectivity index (χ4v) is 1.31. The van der Waals surface area contributed by atoms with Crippen molar-refractivity contribution in [1.82, 2.24) is 0 Å². The van der Waals surface area contributed by atoms with Gasteiger partial charge in [0.05, 0.1) is 9.95 Å². The van der Waals surface area contributed by atoms with Crippen LogP contribution in [0.1, 0.15) is 28.9 Å². The molecular weight excluding hydrogens is 186 g/mol. The van der Waals surface area contributed by atoms with E-state index in [2.05, 4.69) is 0 Å². The molecule has 15 heavy (non-hydrogen) atoms. The lowest BCUT2D eigenvalue weighted by molar-refractivity contribution is 0.856. The molecule has 0 bridgehead atoms. The molecule has 0 heterocycles. The van der Waals surface area contributed by atoms with Crippen molar-refractivity contribution in [2.75, 3.05) is 0 Å². The Hall–Kier alpha value is -1.64. The Morgan fingerprint density at radius 1 is 1.27 bits per heavy atom. The van der Waals surface area contributed by atoms with Crippen LogP contribution in [0.25, 0.3) is 0 Å². The number of nitrogens with one attached hydrogen (secondary N) is 2. The largest absolute Gasteiger partial charge is 0.387 e. The first-order chi connectivity index (χ1) is 8.40. The molecule has 0 spiro atoms. The number of amidine groups is 1. The number of aryl methyl sites for hydroxylation is 1. The van der Waals surface area contributed by atoms with E-state index >= 15 is 0 Å². The Morgan fingerprint density at radius 2 is 1.93 bits per heavy atom. The molecule has 3 nitrogen and oxygen atoms in total. The average Bonchev–Trinajstić information content (AvgIpc) is 2.24. The lowest BCUT2D eigenvalue weighted by Crippen LogP contribution is -2.14. The molecule has 0 amide bonds. The normalized spacial score (nSPS) is 12.7. The van der Waals surface area contributed by atoms with Gasteiger partial charge in [0.1, 0.15) is 0 Å². The molecule has 0 fully saturated rings. The van der Waals surface area contributed by atoms with Gasteiger partial charge in [-0.1, -0.05) is 30.3 Å². The molecule has 4 N–H and O–H groups in total. The van der Waals surface area contributed by atoms with Crippen molar-refractivity contribution in [2.24, 2.45) is 5.73 Å². The van der Waals surface area contributed by atoms with E-state index in [1.807, 2.05) is 0 Å². The summed E-state index contributed by atoms with van der Waals surface area (Å²) in [5, 5.41) is 14.6. The minimum atomic E-state index is -0.0527. The molecule has 1 rings (SSSR count). The molecular formula is C12H17N3. The van der Waals surface area contributed by atoms with E-state index in [0.29, 0.717) is 18.6 Å². The van der Waals surface area contributed by atoms with E-state index in [-0.39, 0.29) is 30.4 Å². The van der Waals surface area contributed by atoms with E-state index in [4.69, 9.17) is 20.7 Å². The standard InChI is InChI=1S/C12H17N3/c13-11(9-12(14)15)8-4-7-10-5-2-1-3-6-10/h1-3,5-6,13H,4,7-9H2,(H3,14,15)/i1D,2D,3D. The van der Waals surface area contributed by atoms with Gasteiger partial charge in [-0.15, -0.1) is 0 Å². The zero-order valence-corrected chi connectivity index (χ0v) is 8.56. The summed E-state index contributed by atoms with van der Waals surface area (Å²) in [5.74, 6) is 0.000415. The first-order valence-corrected chi connectivity index (χ1v) is 4.86. The maximum absolute atomic E-state index is 7.58. The highest BCUT2D eigenvalue weighted by atomic mass is 14.7. The molecule has 0 saturated heterocycles. The van der Waals surface area contributed by atoms with Crippen molar-refractivity contribution < 1.29 is 4.11 Å². The Morgan fingerprint density at radius 3 is 2.53 bits per heavy atom. The van der Waals surface area contributed by atoms with Gasteiger partial charge in [0.25, 0.3) is 0 Å². The Balaban J connectivity index is 2.49. The summed E-state index contributed by atoms with van der Waals surface area (Å²) in [6, 6.07) is 3.26. The maximum Gasteiger partial charge on any atom is 0.0962 e. The molecule has 0 atom stereocenters. The van der Waals surface area contributed by atoms with Crippen molar-refractivity contribution in [3.63, 3.8) is 0 Å². The predicted molar refractivity (Wildman–Crippen MR) is 63.6 cm³/mol. The molecule has 3 heteroatoms. The van der Waals surface area contributed by atoms with Crippen molar-refractivity contribution in [3.05, 3.63) is 35.8 Å². The monoisotopic (exact) mass is 206 g/mol. The third-order valence-electron chi connectivity index (χ3n) is 2.01. The number of nitrogens with two attached hydrogens (primary N) is 1. The fourth-order valence-electron chi connectivity index (χ4n) is 1.31. The summed E-state index contributed by atoms with van der Waals surface area (Å²) in [4.78, 5) is 0. The molecule has 0 saturated carbocycles. The van der Waals surface area contributed by atoms with Crippen LogP contribution in [0.15, 0.2) is 30.3 Å². The molecule has 1 aromatic carbocycles. The Bertz CT molecular complexity index is 449. The van der Waals surface area contributed by atoms with Crippen LogP contribution in [0, 0.1) is 10.8 Å². The van der Waals surface area contributed by atoms with Crippen molar-refractivity contribution in [1.29, 1.82) is 10.8 Å². The van der Waals surface area contributed by atoms with Crippen LogP contribution < -0.4 is 5.73 Å². The van der Waals surface area contributed by atoms with Crippen LogP contribution >= 0.6 is 0 Å². The van der Waals surface area contributed by atoms with Gasteiger partial charge in [-0.25, -0.2) is 0 Å². The van der Waals surface area contributed by atoms with E-state index in [9.17, 15) is 0 Å². The van der Waals surface area contributed by atoms with Gasteiger partial charge < -0.3 is 11.1 Å². The van der Waals surface area contributed by atoms with Gasteiger partial charge >= 0.3 is 0 Å². The fraction of sp³-hybridized carbons (Fsp3) is 0.333. The molecule has 0 aromatic heterocycles. The average molecular weight is 206 g/mol. The van der Waals surface area contributed by atoms with E-state index < -0.39 is 0 Å². The summed E-state index contributed by atoms with van der Waals surface area (Å²) in [6.07, 6.45) is 2.16. The van der Waals surface area contributed by atoms with Crippen LogP contribution in [-0.2, 0) is 6.42 Å². The highest BCUT2D eigenvalue weighted by molar-refractivity contribution is 5.99. The molecule has 0 radical (unpaired) electrons. The van der Waals surface area contributed by atoms with Gasteiger partial charge in [0.15, 0.2) is 0 Å². The first-order valence-electron chi connectivity index (χ1n) is 6.36. The summed E-state index contributed by atoms with van der Waals surface area (Å²) >= 11 is 0. The van der Waals surface area contributed by atoms with Gasteiger partial charge in [0, 0.05) is 12.1 Å². The topological polar surface area (TPSA) is 73.7 Å². The molecule has 0 unspecified atom stereocenters. The van der Waals surface area contributed by atoms with Gasteiger partial charge in [-0.3, -0.25) is 5.41 Å². The lowest BCUT2D eigenvalue weighted by atomic mass is 10.0. The number of hydrogen-bond acceptors (Lipinski definition) is 2. The summed E-state index contributed by atoms with van der Waals surface area (Å²) in [7, 11) is 0. The van der Waals surface area contributed by atoms with Crippen LogP contribution in [0.5, 0.6) is 0 Å². The van der Waals surface area contributed by atoms with Gasteiger partial charge in [-0.05, 0) is 24.8 Å². The second-order valence-electron chi connectivity index (χ2n) is 3.44. The quantitative estimate of drug-likeness (QED) is 0.485. The predicted octanol–water partition coefficient (Wildman–Crippen LogP) is 2.36. The number of hydrogen-bond donors (Lipinski definition) is 3. The number of rotatable bonds is 6. The van der Waals surface area contributed by atoms with Crippen molar-refractivity contribution in [3.8, 4) is 0 Å². The first kappa shape index (κ1) is 7.63. The third kappa shape index (κ3) is 4.96. The second-order valence-corrected chi connectivity index (χ2v) is 3.44. The van der Waals surface area contributed by atoms with E-state index in [1.165, 1.54) is 0 Å². The Kier molecular flexibility index (Phi) is 3.03. The van der Waals surface area contributed by atoms with Crippen molar-refractivity contribution >= 4 is 11.5 Å². The summed E-state index contributed by atoms with van der Waals surface area (Å²) in [6.45, 7) is 0. The van der Waals surface area contributed by atoms with Crippen molar-refractivity contribution in [2.45, 2.75) is 25.7 Å². The molecule has 0 aliphatic carbocycles. The van der Waals surface area contributed by atoms with E-state index in [0.717, 1.165) is 12.0 Å². The van der Waals surface area contributed by atoms with Crippen LogP contribution in [0.2, 0.25) is 0 Å². The van der Waals surface area contributed by atoms with Crippen LogP contribution in [-0.4, -0.2) is 11.5 Å². The van der Waals surface area contributed by atoms with Crippen LogP contribution in [0.4, 0.5) is 0 Å². The van der Waals surface area contributed by atoms with Crippen LogP contribution in [0.3, 0.4) is 0 Å². The number of benzene rings is 1. The minimum absolute atomic E-state index is 0.000415. The molecule has 0 aliphatic heterocycles. The van der Waals surface area contributed by atoms with E-state index in [1.54, 1.807) is 12.1 Å². The zero-order chi connectivity index (χ0) is 13.7. The molecule has 0 aliphatic rings. The molecule has 80 valence electrons. The minimum Gasteiger partial charge on any atom is -0.387 e.